The van der Waals surface area contributed by atoms with Gasteiger partial charge in [0, 0.05) is 4.90 Å². The highest BCUT2D eigenvalue weighted by Crippen LogP contribution is 2.28. The van der Waals surface area contributed by atoms with Crippen molar-refractivity contribution in [2.75, 3.05) is 12.4 Å². The molecule has 22 heavy (non-hydrogen) atoms. The molecule has 0 saturated carbocycles. The molecule has 0 spiro atoms. The Balaban J connectivity index is 2.05. The summed E-state index contributed by atoms with van der Waals surface area (Å²) in [5, 5.41) is 2.76. The predicted octanol–water partition coefficient (Wildman–Crippen LogP) is 4.43. The van der Waals surface area contributed by atoms with E-state index in [-0.39, 0.29) is 11.2 Å². The number of carbonyl (C=O) groups is 1. The van der Waals surface area contributed by atoms with Crippen LogP contribution < -0.4 is 10.1 Å². The van der Waals surface area contributed by atoms with E-state index < -0.39 is 0 Å². The molecule has 0 radical (unpaired) electrons. The fourth-order valence-electron chi connectivity index (χ4n) is 2.03. The molecule has 0 unspecified atom stereocenters. The average Bonchev–Trinajstić information content (AvgIpc) is 2.49. The average molecular weight is 315 g/mol. The molecule has 1 N–H and O–H groups in total. The number of carbonyl (C=O) groups excluding carboxylic acids is 1. The molecule has 0 heterocycles. The normalized spacial score (nSPS) is 11.8. The lowest BCUT2D eigenvalue weighted by atomic mass is 10.2. The van der Waals surface area contributed by atoms with Gasteiger partial charge in [-0.15, -0.1) is 11.8 Å². The van der Waals surface area contributed by atoms with E-state index in [1.54, 1.807) is 18.9 Å². The molecule has 0 aliphatic rings. The summed E-state index contributed by atoms with van der Waals surface area (Å²) in [5.41, 5.74) is 3.00. The van der Waals surface area contributed by atoms with Gasteiger partial charge in [-0.05, 0) is 50.6 Å². The largest absolute Gasteiger partial charge is 0.495 e. The zero-order valence-corrected chi connectivity index (χ0v) is 14.2. The van der Waals surface area contributed by atoms with Gasteiger partial charge >= 0.3 is 0 Å². The Morgan fingerprint density at radius 1 is 1.09 bits per heavy atom. The summed E-state index contributed by atoms with van der Waals surface area (Å²) in [6, 6.07) is 13.9. The Kier molecular flexibility index (Phi) is 5.50. The molecule has 0 fully saturated rings. The van der Waals surface area contributed by atoms with Gasteiger partial charge in [0.05, 0.1) is 18.0 Å². The second kappa shape index (κ2) is 7.36. The quantitative estimate of drug-likeness (QED) is 0.829. The van der Waals surface area contributed by atoms with Crippen LogP contribution in [0.15, 0.2) is 47.4 Å². The van der Waals surface area contributed by atoms with Gasteiger partial charge in [-0.3, -0.25) is 4.79 Å². The minimum atomic E-state index is -0.187. The molecule has 2 aromatic rings. The van der Waals surface area contributed by atoms with Crippen molar-refractivity contribution in [1.29, 1.82) is 0 Å². The summed E-state index contributed by atoms with van der Waals surface area (Å²) >= 11 is 1.54. The maximum Gasteiger partial charge on any atom is 0.237 e. The third-order valence-electron chi connectivity index (χ3n) is 3.32. The first-order chi connectivity index (χ1) is 10.5. The van der Waals surface area contributed by atoms with Gasteiger partial charge in [0.15, 0.2) is 0 Å². The smallest absolute Gasteiger partial charge is 0.237 e. The Bertz CT molecular complexity index is 653. The fourth-order valence-corrected chi connectivity index (χ4v) is 2.90. The van der Waals surface area contributed by atoms with Crippen LogP contribution in [0.5, 0.6) is 5.75 Å². The molecule has 3 nitrogen and oxygen atoms in total. The number of amides is 1. The van der Waals surface area contributed by atoms with Crippen molar-refractivity contribution >= 4 is 23.4 Å². The lowest BCUT2D eigenvalue weighted by Gasteiger charge is -2.15. The van der Waals surface area contributed by atoms with Crippen LogP contribution in [0.25, 0.3) is 0 Å². The number of rotatable bonds is 5. The minimum absolute atomic E-state index is 0.0329. The zero-order chi connectivity index (χ0) is 16.1. The molecule has 116 valence electrons. The van der Waals surface area contributed by atoms with Gasteiger partial charge in [-0.25, -0.2) is 0 Å². The maximum atomic E-state index is 12.4. The highest BCUT2D eigenvalue weighted by atomic mass is 32.2. The molecule has 0 aliphatic heterocycles. The first-order valence-electron chi connectivity index (χ1n) is 7.18. The summed E-state index contributed by atoms with van der Waals surface area (Å²) in [6.07, 6.45) is 0. The Morgan fingerprint density at radius 2 is 1.73 bits per heavy atom. The SMILES string of the molecule is COc1ccc(C)cc1NC(=O)[C@@H](C)Sc1ccc(C)cc1. The van der Waals surface area contributed by atoms with Gasteiger partial charge in [0.25, 0.3) is 0 Å². The highest BCUT2D eigenvalue weighted by molar-refractivity contribution is 8.00. The van der Waals surface area contributed by atoms with Crippen molar-refractivity contribution in [3.8, 4) is 5.75 Å². The van der Waals surface area contributed by atoms with E-state index in [0.29, 0.717) is 11.4 Å². The standard InChI is InChI=1S/C18H21NO2S/c1-12-5-8-15(9-6-12)22-14(3)18(20)19-16-11-13(2)7-10-17(16)21-4/h5-11,14H,1-4H3,(H,19,20)/t14-/m1/s1. The fraction of sp³-hybridized carbons (Fsp3) is 0.278. The van der Waals surface area contributed by atoms with Crippen LogP contribution in [-0.4, -0.2) is 18.3 Å². The van der Waals surface area contributed by atoms with Crippen molar-refractivity contribution in [2.45, 2.75) is 30.9 Å². The number of nitrogens with one attached hydrogen (secondary N) is 1. The molecule has 2 rings (SSSR count). The summed E-state index contributed by atoms with van der Waals surface area (Å²) in [5.74, 6) is 0.640. The van der Waals surface area contributed by atoms with Crippen LogP contribution in [-0.2, 0) is 4.79 Å². The van der Waals surface area contributed by atoms with E-state index in [9.17, 15) is 4.79 Å². The Labute approximate surface area is 136 Å². The molecule has 0 bridgehead atoms. The third-order valence-corrected chi connectivity index (χ3v) is 4.43. The van der Waals surface area contributed by atoms with E-state index in [0.717, 1.165) is 10.5 Å². The number of hydrogen-bond acceptors (Lipinski definition) is 3. The molecular formula is C18H21NO2S. The van der Waals surface area contributed by atoms with E-state index in [2.05, 4.69) is 24.4 Å². The molecule has 0 aromatic heterocycles. The van der Waals surface area contributed by atoms with Crippen molar-refractivity contribution in [3.63, 3.8) is 0 Å². The summed E-state index contributed by atoms with van der Waals surface area (Å²) in [4.78, 5) is 13.5. The second-order valence-electron chi connectivity index (χ2n) is 5.27. The van der Waals surface area contributed by atoms with Gasteiger partial charge in [0.1, 0.15) is 5.75 Å². The van der Waals surface area contributed by atoms with E-state index >= 15 is 0 Å². The number of anilines is 1. The monoisotopic (exact) mass is 315 g/mol. The van der Waals surface area contributed by atoms with E-state index in [4.69, 9.17) is 4.74 Å². The number of hydrogen-bond donors (Lipinski definition) is 1. The van der Waals surface area contributed by atoms with Crippen molar-refractivity contribution in [1.82, 2.24) is 0 Å². The summed E-state index contributed by atoms with van der Waals surface area (Å²) < 4.78 is 5.29. The molecule has 2 aromatic carbocycles. The van der Waals surface area contributed by atoms with Crippen LogP contribution >= 0.6 is 11.8 Å². The Morgan fingerprint density at radius 3 is 2.36 bits per heavy atom. The first-order valence-corrected chi connectivity index (χ1v) is 8.06. The number of benzene rings is 2. The topological polar surface area (TPSA) is 38.3 Å². The lowest BCUT2D eigenvalue weighted by Crippen LogP contribution is -2.22. The summed E-state index contributed by atoms with van der Waals surface area (Å²) in [6.45, 7) is 5.94. The third kappa shape index (κ3) is 4.28. The minimum Gasteiger partial charge on any atom is -0.495 e. The molecule has 1 atom stereocenters. The van der Waals surface area contributed by atoms with Gasteiger partial charge in [-0.2, -0.15) is 0 Å². The maximum absolute atomic E-state index is 12.4. The first kappa shape index (κ1) is 16.4. The van der Waals surface area contributed by atoms with Crippen LogP contribution in [0.1, 0.15) is 18.1 Å². The molecule has 0 aliphatic carbocycles. The van der Waals surface area contributed by atoms with Crippen molar-refractivity contribution in [3.05, 3.63) is 53.6 Å². The Hall–Kier alpha value is -1.94. The number of ether oxygens (including phenoxy) is 1. The highest BCUT2D eigenvalue weighted by Gasteiger charge is 2.16. The van der Waals surface area contributed by atoms with Crippen LogP contribution in [0.4, 0.5) is 5.69 Å². The van der Waals surface area contributed by atoms with E-state index in [1.807, 2.05) is 44.2 Å². The zero-order valence-electron chi connectivity index (χ0n) is 13.3. The summed E-state index contributed by atoms with van der Waals surface area (Å²) in [7, 11) is 1.60. The second-order valence-corrected chi connectivity index (χ2v) is 6.68. The van der Waals surface area contributed by atoms with Gasteiger partial charge < -0.3 is 10.1 Å². The van der Waals surface area contributed by atoms with E-state index in [1.165, 1.54) is 5.56 Å². The van der Waals surface area contributed by atoms with Crippen molar-refractivity contribution in [2.24, 2.45) is 0 Å². The number of methoxy groups -OCH3 is 1. The van der Waals surface area contributed by atoms with Gasteiger partial charge in [-0.1, -0.05) is 23.8 Å². The molecule has 1 amide bonds. The van der Waals surface area contributed by atoms with Crippen molar-refractivity contribution < 1.29 is 9.53 Å². The number of thioether (sulfide) groups is 1. The van der Waals surface area contributed by atoms with Crippen LogP contribution in [0.2, 0.25) is 0 Å². The lowest BCUT2D eigenvalue weighted by molar-refractivity contribution is -0.115. The molecule has 4 heteroatoms. The number of aryl methyl sites for hydroxylation is 2. The van der Waals surface area contributed by atoms with Crippen LogP contribution in [0.3, 0.4) is 0 Å². The van der Waals surface area contributed by atoms with Gasteiger partial charge in [0.2, 0.25) is 5.91 Å². The molecular weight excluding hydrogens is 294 g/mol. The van der Waals surface area contributed by atoms with Crippen LogP contribution in [0, 0.1) is 13.8 Å². The predicted molar refractivity (Wildman–Crippen MR) is 92.9 cm³/mol. The molecule has 0 saturated heterocycles.